The summed E-state index contributed by atoms with van der Waals surface area (Å²) in [6.45, 7) is 7.91. The van der Waals surface area contributed by atoms with Crippen LogP contribution in [0.15, 0.2) is 23.1 Å². The van der Waals surface area contributed by atoms with Crippen LogP contribution in [0.25, 0.3) is 0 Å². The van der Waals surface area contributed by atoms with Gasteiger partial charge in [0.15, 0.2) is 0 Å². The number of nitrogens with zero attached hydrogens (tertiary/aromatic N) is 1. The van der Waals surface area contributed by atoms with E-state index in [-0.39, 0.29) is 4.90 Å². The number of sulfonamides is 1. The van der Waals surface area contributed by atoms with Crippen LogP contribution in [-0.4, -0.2) is 21.5 Å². The van der Waals surface area contributed by atoms with Crippen molar-refractivity contribution in [1.29, 1.82) is 0 Å². The van der Waals surface area contributed by atoms with Gasteiger partial charge in [-0.2, -0.15) is 0 Å². The van der Waals surface area contributed by atoms with Crippen LogP contribution in [0.2, 0.25) is 0 Å². The molecule has 0 aliphatic heterocycles. The van der Waals surface area contributed by atoms with Gasteiger partial charge in [-0.15, -0.1) is 0 Å². The molecule has 19 heavy (non-hydrogen) atoms. The lowest BCUT2D eigenvalue weighted by molar-refractivity contribution is 0.548. The highest BCUT2D eigenvalue weighted by Gasteiger charge is 2.15. The molecule has 1 atom stereocenters. The first-order valence-electron chi connectivity index (χ1n) is 6.46. The molecule has 1 unspecified atom stereocenters. The fourth-order valence-corrected chi connectivity index (χ4v) is 2.41. The summed E-state index contributed by atoms with van der Waals surface area (Å²) in [4.78, 5) is 2.18. The number of hydrogen-bond donors (Lipinski definition) is 2. The molecule has 1 aromatic rings. The van der Waals surface area contributed by atoms with Gasteiger partial charge in [0.05, 0.1) is 16.3 Å². The fraction of sp³-hybridized carbons (Fsp3) is 0.538. The second kappa shape index (κ2) is 6.25. The molecule has 0 radical (unpaired) electrons. The second-order valence-corrected chi connectivity index (χ2v) is 6.38. The normalized spacial score (nSPS) is 13.3. The SMILES string of the molecule is CCC(C)CN(CC)c1cc(S(N)(=O)=O)ccc1N. The first-order chi connectivity index (χ1) is 8.79. The Bertz CT molecular complexity index is 529. The summed E-state index contributed by atoms with van der Waals surface area (Å²) in [5, 5.41) is 5.16. The van der Waals surface area contributed by atoms with E-state index in [2.05, 4.69) is 18.7 Å². The smallest absolute Gasteiger partial charge is 0.238 e. The summed E-state index contributed by atoms with van der Waals surface area (Å²) in [6, 6.07) is 4.58. The number of hydrogen-bond acceptors (Lipinski definition) is 4. The molecular weight excluding hydrogens is 262 g/mol. The Kier molecular flexibility index (Phi) is 5.20. The van der Waals surface area contributed by atoms with Gasteiger partial charge in [0, 0.05) is 13.1 Å². The standard InChI is InChI=1S/C13H23N3O2S/c1-4-10(3)9-16(5-2)13-8-11(19(15,17)18)6-7-12(13)14/h6-8,10H,4-5,9,14H2,1-3H3,(H2,15,17,18). The van der Waals surface area contributed by atoms with Crippen molar-refractivity contribution in [2.75, 3.05) is 23.7 Å². The topological polar surface area (TPSA) is 89.4 Å². The molecule has 1 rings (SSSR count). The third-order valence-electron chi connectivity index (χ3n) is 3.28. The third-order valence-corrected chi connectivity index (χ3v) is 4.19. The predicted molar refractivity (Wildman–Crippen MR) is 79.6 cm³/mol. The Morgan fingerprint density at radius 3 is 2.42 bits per heavy atom. The zero-order valence-electron chi connectivity index (χ0n) is 11.8. The summed E-state index contributed by atoms with van der Waals surface area (Å²) in [6.07, 6.45) is 1.06. The lowest BCUT2D eigenvalue weighted by atomic mass is 10.1. The van der Waals surface area contributed by atoms with Crippen LogP contribution in [0.3, 0.4) is 0 Å². The minimum Gasteiger partial charge on any atom is -0.397 e. The van der Waals surface area contributed by atoms with Crippen LogP contribution >= 0.6 is 0 Å². The molecular formula is C13H23N3O2S. The van der Waals surface area contributed by atoms with Crippen LogP contribution in [0.4, 0.5) is 11.4 Å². The van der Waals surface area contributed by atoms with Gasteiger partial charge in [0.25, 0.3) is 0 Å². The Hall–Kier alpha value is -1.27. The van der Waals surface area contributed by atoms with Gasteiger partial charge in [0.1, 0.15) is 0 Å². The van der Waals surface area contributed by atoms with E-state index in [9.17, 15) is 8.42 Å². The van der Waals surface area contributed by atoms with Crippen molar-refractivity contribution < 1.29 is 8.42 Å². The van der Waals surface area contributed by atoms with E-state index < -0.39 is 10.0 Å². The van der Waals surface area contributed by atoms with Gasteiger partial charge in [-0.1, -0.05) is 20.3 Å². The molecule has 0 heterocycles. The highest BCUT2D eigenvalue weighted by Crippen LogP contribution is 2.27. The summed E-state index contributed by atoms with van der Waals surface area (Å²) in [5.74, 6) is 0.512. The Labute approximate surface area is 115 Å². The van der Waals surface area contributed by atoms with Crippen molar-refractivity contribution >= 4 is 21.4 Å². The van der Waals surface area contributed by atoms with Gasteiger partial charge in [-0.05, 0) is 31.0 Å². The second-order valence-electron chi connectivity index (χ2n) is 4.82. The van der Waals surface area contributed by atoms with Crippen molar-refractivity contribution in [3.8, 4) is 0 Å². The van der Waals surface area contributed by atoms with Crippen molar-refractivity contribution in [2.45, 2.75) is 32.1 Å². The first-order valence-corrected chi connectivity index (χ1v) is 8.01. The van der Waals surface area contributed by atoms with Gasteiger partial charge >= 0.3 is 0 Å². The lowest BCUT2D eigenvalue weighted by Crippen LogP contribution is -2.29. The van der Waals surface area contributed by atoms with E-state index in [1.807, 2.05) is 6.92 Å². The van der Waals surface area contributed by atoms with Gasteiger partial charge in [0.2, 0.25) is 10.0 Å². The van der Waals surface area contributed by atoms with Gasteiger partial charge in [-0.3, -0.25) is 0 Å². The summed E-state index contributed by atoms with van der Waals surface area (Å²) >= 11 is 0. The van der Waals surface area contributed by atoms with E-state index in [4.69, 9.17) is 10.9 Å². The molecule has 1 aromatic carbocycles. The van der Waals surface area contributed by atoms with Crippen molar-refractivity contribution in [3.63, 3.8) is 0 Å². The maximum atomic E-state index is 11.4. The van der Waals surface area contributed by atoms with Crippen LogP contribution in [0.1, 0.15) is 27.2 Å². The first kappa shape index (κ1) is 15.8. The van der Waals surface area contributed by atoms with E-state index >= 15 is 0 Å². The molecule has 108 valence electrons. The van der Waals surface area contributed by atoms with Crippen molar-refractivity contribution in [2.24, 2.45) is 11.1 Å². The molecule has 0 spiro atoms. The summed E-state index contributed by atoms with van der Waals surface area (Å²) < 4.78 is 22.8. The average molecular weight is 285 g/mol. The quantitative estimate of drug-likeness (QED) is 0.780. The molecule has 0 saturated carbocycles. The predicted octanol–water partition coefficient (Wildman–Crippen LogP) is 1.79. The zero-order chi connectivity index (χ0) is 14.6. The molecule has 4 N–H and O–H groups in total. The van der Waals surface area contributed by atoms with Crippen molar-refractivity contribution in [1.82, 2.24) is 0 Å². The Morgan fingerprint density at radius 1 is 1.32 bits per heavy atom. The van der Waals surface area contributed by atoms with Crippen molar-refractivity contribution in [3.05, 3.63) is 18.2 Å². The maximum absolute atomic E-state index is 11.4. The zero-order valence-corrected chi connectivity index (χ0v) is 12.6. The highest BCUT2D eigenvalue weighted by atomic mass is 32.2. The maximum Gasteiger partial charge on any atom is 0.238 e. The average Bonchev–Trinajstić information content (AvgIpc) is 2.35. The van der Waals surface area contributed by atoms with Crippen LogP contribution in [0, 0.1) is 5.92 Å². The number of nitrogen functional groups attached to an aromatic ring is 1. The lowest BCUT2D eigenvalue weighted by Gasteiger charge is -2.27. The Balaban J connectivity index is 3.16. The van der Waals surface area contributed by atoms with Gasteiger partial charge in [-0.25, -0.2) is 13.6 Å². The molecule has 0 aromatic heterocycles. The van der Waals surface area contributed by atoms with E-state index in [0.29, 0.717) is 11.6 Å². The number of nitrogens with two attached hydrogens (primary N) is 2. The molecule has 0 aliphatic rings. The van der Waals surface area contributed by atoms with E-state index in [0.717, 1.165) is 25.2 Å². The molecule has 0 saturated heterocycles. The molecule has 0 fully saturated rings. The monoisotopic (exact) mass is 285 g/mol. The molecule has 0 aliphatic carbocycles. The third kappa shape index (κ3) is 4.11. The number of anilines is 2. The number of primary sulfonamides is 1. The summed E-state index contributed by atoms with van der Waals surface area (Å²) in [5.41, 5.74) is 7.25. The summed E-state index contributed by atoms with van der Waals surface area (Å²) in [7, 11) is -3.70. The van der Waals surface area contributed by atoms with E-state index in [1.165, 1.54) is 6.07 Å². The van der Waals surface area contributed by atoms with Crippen LogP contribution in [-0.2, 0) is 10.0 Å². The minimum atomic E-state index is -3.70. The molecule has 6 heteroatoms. The molecule has 5 nitrogen and oxygen atoms in total. The largest absolute Gasteiger partial charge is 0.397 e. The fourth-order valence-electron chi connectivity index (χ4n) is 1.88. The Morgan fingerprint density at radius 2 is 1.95 bits per heavy atom. The minimum absolute atomic E-state index is 0.0966. The number of rotatable bonds is 6. The molecule has 0 bridgehead atoms. The van der Waals surface area contributed by atoms with E-state index in [1.54, 1.807) is 12.1 Å². The molecule has 0 amide bonds. The highest BCUT2D eigenvalue weighted by molar-refractivity contribution is 7.89. The van der Waals surface area contributed by atoms with Gasteiger partial charge < -0.3 is 10.6 Å². The van der Waals surface area contributed by atoms with Crippen LogP contribution in [0.5, 0.6) is 0 Å². The van der Waals surface area contributed by atoms with Crippen LogP contribution < -0.4 is 15.8 Å². The number of benzene rings is 1.